The summed E-state index contributed by atoms with van der Waals surface area (Å²) in [6.07, 6.45) is 1.43. The summed E-state index contributed by atoms with van der Waals surface area (Å²) >= 11 is 0. The summed E-state index contributed by atoms with van der Waals surface area (Å²) in [6, 6.07) is 5.67. The lowest BCUT2D eigenvalue weighted by Gasteiger charge is -2.16. The second kappa shape index (κ2) is 8.67. The zero-order valence-electron chi connectivity index (χ0n) is 13.5. The maximum atomic E-state index is 11.1. The molecule has 0 amide bonds. The van der Waals surface area contributed by atoms with Crippen molar-refractivity contribution in [3.05, 3.63) is 29.3 Å². The summed E-state index contributed by atoms with van der Waals surface area (Å²) in [5, 5.41) is 12.2. The Hall–Kier alpha value is -1.55. The number of aliphatic carboxylic acids is 1. The molecule has 118 valence electrons. The number of ether oxygens (including phenoxy) is 1. The number of carboxylic acids is 1. The summed E-state index contributed by atoms with van der Waals surface area (Å²) in [6.45, 7) is 9.36. The number of carbonyl (C=O) groups is 1. The monoisotopic (exact) mass is 293 g/mol. The summed E-state index contributed by atoms with van der Waals surface area (Å²) < 4.78 is 5.75. The minimum Gasteiger partial charge on any atom is -0.493 e. The molecule has 0 aliphatic carbocycles. The standard InChI is InChI=1S/C17H27NO3/c1-12(2)10-15(17(19)20)18-8-5-9-21-16-11-13(3)6-7-14(16)4/h6-7,11-12,15,18H,5,8-10H2,1-4H3,(H,19,20). The molecule has 1 unspecified atom stereocenters. The van der Waals surface area contributed by atoms with Gasteiger partial charge in [0.15, 0.2) is 0 Å². The van der Waals surface area contributed by atoms with E-state index in [2.05, 4.69) is 11.4 Å². The number of benzene rings is 1. The van der Waals surface area contributed by atoms with Crippen molar-refractivity contribution in [3.8, 4) is 5.75 Å². The Morgan fingerprint density at radius 1 is 1.33 bits per heavy atom. The van der Waals surface area contributed by atoms with Crippen molar-refractivity contribution < 1.29 is 14.6 Å². The molecule has 1 atom stereocenters. The van der Waals surface area contributed by atoms with Gasteiger partial charge in [-0.25, -0.2) is 0 Å². The molecule has 1 aromatic carbocycles. The van der Waals surface area contributed by atoms with E-state index in [4.69, 9.17) is 9.84 Å². The lowest BCUT2D eigenvalue weighted by molar-refractivity contribution is -0.139. The number of carboxylic acid groups (broad SMARTS) is 1. The fourth-order valence-corrected chi connectivity index (χ4v) is 2.14. The number of hydrogen-bond acceptors (Lipinski definition) is 3. The van der Waals surface area contributed by atoms with E-state index in [-0.39, 0.29) is 0 Å². The van der Waals surface area contributed by atoms with Crippen LogP contribution in [0.1, 0.15) is 37.8 Å². The summed E-state index contributed by atoms with van der Waals surface area (Å²) in [4.78, 5) is 11.1. The van der Waals surface area contributed by atoms with E-state index >= 15 is 0 Å². The minimum atomic E-state index is -0.779. The Labute approximate surface area is 127 Å². The first-order valence-corrected chi connectivity index (χ1v) is 7.56. The third kappa shape index (κ3) is 6.63. The SMILES string of the molecule is Cc1ccc(C)c(OCCCNC(CC(C)C)C(=O)O)c1. The van der Waals surface area contributed by atoms with Crippen molar-refractivity contribution in [2.45, 2.75) is 46.6 Å². The van der Waals surface area contributed by atoms with Crippen LogP contribution in [-0.2, 0) is 4.79 Å². The van der Waals surface area contributed by atoms with Crippen molar-refractivity contribution in [1.29, 1.82) is 0 Å². The molecule has 0 bridgehead atoms. The highest BCUT2D eigenvalue weighted by molar-refractivity contribution is 5.73. The van der Waals surface area contributed by atoms with E-state index < -0.39 is 12.0 Å². The molecule has 0 saturated heterocycles. The van der Waals surface area contributed by atoms with Crippen LogP contribution in [0.25, 0.3) is 0 Å². The molecule has 0 heterocycles. The quantitative estimate of drug-likeness (QED) is 0.687. The molecule has 0 aliphatic heterocycles. The molecule has 0 spiro atoms. The summed E-state index contributed by atoms with van der Waals surface area (Å²) in [7, 11) is 0. The zero-order valence-corrected chi connectivity index (χ0v) is 13.5. The Bertz CT molecular complexity index is 457. The third-order valence-electron chi connectivity index (χ3n) is 3.32. The Morgan fingerprint density at radius 3 is 2.67 bits per heavy atom. The fourth-order valence-electron chi connectivity index (χ4n) is 2.14. The largest absolute Gasteiger partial charge is 0.493 e. The molecule has 0 saturated carbocycles. The van der Waals surface area contributed by atoms with Crippen LogP contribution in [0, 0.1) is 19.8 Å². The summed E-state index contributed by atoms with van der Waals surface area (Å²) in [5.41, 5.74) is 2.30. The van der Waals surface area contributed by atoms with E-state index in [1.807, 2.05) is 39.8 Å². The van der Waals surface area contributed by atoms with Crippen molar-refractivity contribution in [3.63, 3.8) is 0 Å². The van der Waals surface area contributed by atoms with Crippen LogP contribution >= 0.6 is 0 Å². The fraction of sp³-hybridized carbons (Fsp3) is 0.588. The van der Waals surface area contributed by atoms with Gasteiger partial charge in [-0.1, -0.05) is 26.0 Å². The molecule has 0 aromatic heterocycles. The van der Waals surface area contributed by atoms with Gasteiger partial charge in [0.1, 0.15) is 11.8 Å². The first-order valence-electron chi connectivity index (χ1n) is 7.56. The molecule has 1 aromatic rings. The van der Waals surface area contributed by atoms with Crippen LogP contribution in [0.2, 0.25) is 0 Å². The Balaban J connectivity index is 2.30. The van der Waals surface area contributed by atoms with Gasteiger partial charge < -0.3 is 15.2 Å². The van der Waals surface area contributed by atoms with Crippen LogP contribution in [0.15, 0.2) is 18.2 Å². The highest BCUT2D eigenvalue weighted by Crippen LogP contribution is 2.19. The van der Waals surface area contributed by atoms with Crippen LogP contribution < -0.4 is 10.1 Å². The lowest BCUT2D eigenvalue weighted by atomic mass is 10.0. The Morgan fingerprint density at radius 2 is 2.05 bits per heavy atom. The molecule has 0 aliphatic rings. The maximum absolute atomic E-state index is 11.1. The van der Waals surface area contributed by atoms with Crippen molar-refractivity contribution in [2.75, 3.05) is 13.2 Å². The second-order valence-corrected chi connectivity index (χ2v) is 5.95. The van der Waals surface area contributed by atoms with Gasteiger partial charge in [0.2, 0.25) is 0 Å². The molecule has 2 N–H and O–H groups in total. The zero-order chi connectivity index (χ0) is 15.8. The number of nitrogens with one attached hydrogen (secondary N) is 1. The molecule has 0 radical (unpaired) electrons. The van der Waals surface area contributed by atoms with Crippen molar-refractivity contribution in [2.24, 2.45) is 5.92 Å². The van der Waals surface area contributed by atoms with Gasteiger partial charge in [-0.3, -0.25) is 4.79 Å². The van der Waals surface area contributed by atoms with Gasteiger partial charge in [0.05, 0.1) is 6.61 Å². The van der Waals surface area contributed by atoms with Gasteiger partial charge in [0, 0.05) is 0 Å². The van der Waals surface area contributed by atoms with E-state index in [1.165, 1.54) is 5.56 Å². The number of aryl methyl sites for hydroxylation is 2. The number of hydrogen-bond donors (Lipinski definition) is 2. The van der Waals surface area contributed by atoms with E-state index in [9.17, 15) is 4.79 Å². The van der Waals surface area contributed by atoms with Crippen molar-refractivity contribution in [1.82, 2.24) is 5.32 Å². The first kappa shape index (κ1) is 17.5. The third-order valence-corrected chi connectivity index (χ3v) is 3.32. The van der Waals surface area contributed by atoms with Crippen LogP contribution in [0.5, 0.6) is 5.75 Å². The van der Waals surface area contributed by atoms with E-state index in [0.717, 1.165) is 17.7 Å². The molecular formula is C17H27NO3. The van der Waals surface area contributed by atoms with Crippen LogP contribution in [0.4, 0.5) is 0 Å². The predicted octanol–water partition coefficient (Wildman–Crippen LogP) is 3.16. The highest BCUT2D eigenvalue weighted by Gasteiger charge is 2.17. The lowest BCUT2D eigenvalue weighted by Crippen LogP contribution is -2.38. The van der Waals surface area contributed by atoms with Gasteiger partial charge in [-0.2, -0.15) is 0 Å². The van der Waals surface area contributed by atoms with E-state index in [1.54, 1.807) is 0 Å². The topological polar surface area (TPSA) is 58.6 Å². The molecule has 4 heteroatoms. The molecule has 21 heavy (non-hydrogen) atoms. The smallest absolute Gasteiger partial charge is 0.320 e. The predicted molar refractivity (Wildman–Crippen MR) is 84.9 cm³/mol. The highest BCUT2D eigenvalue weighted by atomic mass is 16.5. The molecular weight excluding hydrogens is 266 g/mol. The molecule has 1 rings (SSSR count). The van der Waals surface area contributed by atoms with Crippen LogP contribution in [0.3, 0.4) is 0 Å². The maximum Gasteiger partial charge on any atom is 0.320 e. The number of rotatable bonds is 9. The first-order chi connectivity index (χ1) is 9.90. The Kier molecular flexibility index (Phi) is 7.23. The van der Waals surface area contributed by atoms with E-state index in [0.29, 0.717) is 25.5 Å². The normalized spacial score (nSPS) is 12.4. The average Bonchev–Trinajstić information content (AvgIpc) is 2.40. The average molecular weight is 293 g/mol. The van der Waals surface area contributed by atoms with Crippen molar-refractivity contribution >= 4 is 5.97 Å². The van der Waals surface area contributed by atoms with Crippen LogP contribution in [-0.4, -0.2) is 30.3 Å². The van der Waals surface area contributed by atoms with Gasteiger partial charge in [-0.15, -0.1) is 0 Å². The van der Waals surface area contributed by atoms with Gasteiger partial charge >= 0.3 is 5.97 Å². The van der Waals surface area contributed by atoms with Gasteiger partial charge in [0.25, 0.3) is 0 Å². The molecule has 4 nitrogen and oxygen atoms in total. The minimum absolute atomic E-state index is 0.366. The van der Waals surface area contributed by atoms with Gasteiger partial charge in [-0.05, 0) is 56.3 Å². The molecule has 0 fully saturated rings. The second-order valence-electron chi connectivity index (χ2n) is 5.95. The summed E-state index contributed by atoms with van der Waals surface area (Å²) in [5.74, 6) is 0.496.